The third kappa shape index (κ3) is 5.70. The van der Waals surface area contributed by atoms with Crippen molar-refractivity contribution in [3.8, 4) is 17.1 Å². The fourth-order valence-electron chi connectivity index (χ4n) is 4.71. The van der Waals surface area contributed by atoms with Crippen LogP contribution in [0.4, 0.5) is 8.78 Å². The number of piperazine rings is 1. The summed E-state index contributed by atoms with van der Waals surface area (Å²) in [5.74, 6) is 0.572. The standard InChI is InChI=1S/C25H33F2N5O4S/c1-3-36-21-8-7-19(37(34,35)32-14-12-31(13-15-32)11-5-10-27)16-20(21)24-28-22-18(6-4-9-26)17-30(2)23(22)25(33)29-24/h7-8,16-17H,3-6,9-15H2,1-2H3,(H,28,29,33). The van der Waals surface area contributed by atoms with Gasteiger partial charge in [-0.1, -0.05) is 0 Å². The van der Waals surface area contributed by atoms with Crippen LogP contribution in [0.2, 0.25) is 0 Å². The summed E-state index contributed by atoms with van der Waals surface area (Å²) in [5.41, 5.74) is 1.53. The van der Waals surface area contributed by atoms with Crippen LogP contribution in [-0.2, 0) is 23.5 Å². The number of aromatic nitrogens is 3. The number of halogens is 2. The zero-order valence-corrected chi connectivity index (χ0v) is 22.0. The second-order valence-electron chi connectivity index (χ2n) is 9.05. The molecule has 0 spiro atoms. The van der Waals surface area contributed by atoms with Gasteiger partial charge in [-0.05, 0) is 49.9 Å². The number of nitrogens with zero attached hydrogens (tertiary/aromatic N) is 4. The highest BCUT2D eigenvalue weighted by Gasteiger charge is 2.29. The van der Waals surface area contributed by atoms with Gasteiger partial charge in [0.1, 0.15) is 17.1 Å². The average molecular weight is 538 g/mol. The predicted octanol–water partition coefficient (Wildman–Crippen LogP) is 2.90. The molecule has 2 aromatic heterocycles. The number of ether oxygens (including phenoxy) is 1. The van der Waals surface area contributed by atoms with Gasteiger partial charge >= 0.3 is 0 Å². The number of H-pyrrole nitrogens is 1. The van der Waals surface area contributed by atoms with Gasteiger partial charge in [-0.25, -0.2) is 13.4 Å². The van der Waals surface area contributed by atoms with Gasteiger partial charge in [0.25, 0.3) is 5.56 Å². The number of aromatic amines is 1. The summed E-state index contributed by atoms with van der Waals surface area (Å²) < 4.78 is 61.2. The fraction of sp³-hybridized carbons (Fsp3) is 0.520. The second-order valence-corrected chi connectivity index (χ2v) is 11.0. The lowest BCUT2D eigenvalue weighted by molar-refractivity contribution is 0.182. The van der Waals surface area contributed by atoms with Gasteiger partial charge in [-0.15, -0.1) is 0 Å². The number of hydrogen-bond donors (Lipinski definition) is 1. The van der Waals surface area contributed by atoms with E-state index in [-0.39, 0.29) is 16.3 Å². The van der Waals surface area contributed by atoms with Crippen LogP contribution in [0.5, 0.6) is 5.75 Å². The van der Waals surface area contributed by atoms with Crippen molar-refractivity contribution < 1.29 is 21.9 Å². The summed E-state index contributed by atoms with van der Waals surface area (Å²) in [6.07, 6.45) is 2.93. The highest BCUT2D eigenvalue weighted by molar-refractivity contribution is 7.89. The lowest BCUT2D eigenvalue weighted by atomic mass is 10.1. The quantitative estimate of drug-likeness (QED) is 0.404. The second kappa shape index (κ2) is 11.7. The van der Waals surface area contributed by atoms with Crippen LogP contribution in [0.25, 0.3) is 22.4 Å². The molecular formula is C25H33F2N5O4S. The van der Waals surface area contributed by atoms with Gasteiger partial charge in [0.15, 0.2) is 0 Å². The number of sulfonamides is 1. The third-order valence-corrected chi connectivity index (χ3v) is 8.46. The summed E-state index contributed by atoms with van der Waals surface area (Å²) in [6, 6.07) is 4.54. The first-order valence-corrected chi connectivity index (χ1v) is 13.9. The maximum Gasteiger partial charge on any atom is 0.275 e. The fourth-order valence-corrected chi connectivity index (χ4v) is 6.16. The van der Waals surface area contributed by atoms with Crippen LogP contribution in [0, 0.1) is 0 Å². The van der Waals surface area contributed by atoms with Crippen molar-refractivity contribution in [2.45, 2.75) is 31.1 Å². The predicted molar refractivity (Wildman–Crippen MR) is 138 cm³/mol. The summed E-state index contributed by atoms with van der Waals surface area (Å²) in [4.78, 5) is 22.6. The third-order valence-electron chi connectivity index (χ3n) is 6.56. The Morgan fingerprint density at radius 1 is 1.11 bits per heavy atom. The molecule has 9 nitrogen and oxygen atoms in total. The van der Waals surface area contributed by atoms with E-state index >= 15 is 0 Å². The Labute approximate surface area is 215 Å². The first-order valence-electron chi connectivity index (χ1n) is 12.5. The van der Waals surface area contributed by atoms with E-state index < -0.39 is 23.4 Å². The molecule has 0 unspecified atom stereocenters. The van der Waals surface area contributed by atoms with Crippen molar-refractivity contribution in [3.63, 3.8) is 0 Å². The van der Waals surface area contributed by atoms with E-state index in [2.05, 4.69) is 14.9 Å². The minimum atomic E-state index is -3.83. The Morgan fingerprint density at radius 2 is 1.84 bits per heavy atom. The molecule has 3 heterocycles. The van der Waals surface area contributed by atoms with Crippen LogP contribution in [0.3, 0.4) is 0 Å². The lowest BCUT2D eigenvalue weighted by Crippen LogP contribution is -2.48. The Morgan fingerprint density at radius 3 is 2.51 bits per heavy atom. The largest absolute Gasteiger partial charge is 0.493 e. The first-order chi connectivity index (χ1) is 17.8. The minimum absolute atomic E-state index is 0.0663. The highest BCUT2D eigenvalue weighted by Crippen LogP contribution is 2.32. The smallest absolute Gasteiger partial charge is 0.275 e. The Kier molecular flexibility index (Phi) is 8.60. The number of nitrogens with one attached hydrogen (secondary N) is 1. The van der Waals surface area contributed by atoms with E-state index in [1.807, 2.05) is 6.92 Å². The van der Waals surface area contributed by atoms with E-state index in [1.54, 1.807) is 23.9 Å². The molecule has 0 bridgehead atoms. The molecule has 1 aliphatic rings. The van der Waals surface area contributed by atoms with Gasteiger partial charge in [0, 0.05) is 46.0 Å². The monoisotopic (exact) mass is 537 g/mol. The van der Waals surface area contributed by atoms with E-state index in [9.17, 15) is 22.0 Å². The van der Waals surface area contributed by atoms with Crippen LogP contribution in [0.1, 0.15) is 25.3 Å². The van der Waals surface area contributed by atoms with Crippen LogP contribution in [-0.4, -0.2) is 84.8 Å². The zero-order chi connectivity index (χ0) is 26.6. The molecule has 37 heavy (non-hydrogen) atoms. The maximum atomic E-state index is 13.5. The van der Waals surface area contributed by atoms with E-state index in [4.69, 9.17) is 4.74 Å². The molecule has 0 saturated carbocycles. The molecule has 1 N–H and O–H groups in total. The molecular weight excluding hydrogens is 504 g/mol. The van der Waals surface area contributed by atoms with Crippen LogP contribution >= 0.6 is 0 Å². The number of hydrogen-bond acceptors (Lipinski definition) is 6. The van der Waals surface area contributed by atoms with E-state index in [1.165, 1.54) is 16.4 Å². The summed E-state index contributed by atoms with van der Waals surface area (Å²) in [7, 11) is -2.10. The van der Waals surface area contributed by atoms with Crippen molar-refractivity contribution in [1.82, 2.24) is 23.7 Å². The van der Waals surface area contributed by atoms with E-state index in [0.29, 0.717) is 80.9 Å². The van der Waals surface area contributed by atoms with Gasteiger partial charge in [0.05, 0.1) is 35.9 Å². The summed E-state index contributed by atoms with van der Waals surface area (Å²) in [5, 5.41) is 0. The van der Waals surface area contributed by atoms with Gasteiger partial charge < -0.3 is 19.2 Å². The van der Waals surface area contributed by atoms with Crippen LogP contribution < -0.4 is 10.3 Å². The number of aryl methyl sites for hydroxylation is 2. The SMILES string of the molecule is CCOc1ccc(S(=O)(=O)N2CCN(CCCF)CC2)cc1-c1nc2c(CCCF)cn(C)c2c(=O)[nH]1. The molecule has 0 amide bonds. The Hall–Kier alpha value is -2.83. The number of alkyl halides is 2. The normalized spacial score (nSPS) is 15.5. The molecule has 12 heteroatoms. The molecule has 1 aromatic carbocycles. The Bertz CT molecular complexity index is 1400. The van der Waals surface area contributed by atoms with Crippen LogP contribution in [0.15, 0.2) is 34.1 Å². The summed E-state index contributed by atoms with van der Waals surface area (Å²) >= 11 is 0. The lowest BCUT2D eigenvalue weighted by Gasteiger charge is -2.33. The van der Waals surface area contributed by atoms with E-state index in [0.717, 1.165) is 5.56 Å². The average Bonchev–Trinajstić information content (AvgIpc) is 3.22. The summed E-state index contributed by atoms with van der Waals surface area (Å²) in [6.45, 7) is 3.55. The molecule has 1 saturated heterocycles. The van der Waals surface area contributed by atoms with Crippen molar-refractivity contribution in [2.24, 2.45) is 7.05 Å². The van der Waals surface area contributed by atoms with Gasteiger partial charge in [-0.3, -0.25) is 13.6 Å². The number of fused-ring (bicyclic) bond motifs is 1. The Balaban J connectivity index is 1.73. The molecule has 3 aromatic rings. The van der Waals surface area contributed by atoms with Gasteiger partial charge in [0.2, 0.25) is 10.0 Å². The minimum Gasteiger partial charge on any atom is -0.493 e. The van der Waals surface area contributed by atoms with Crippen molar-refractivity contribution in [1.29, 1.82) is 0 Å². The molecule has 0 atom stereocenters. The van der Waals surface area contributed by atoms with Crippen molar-refractivity contribution >= 4 is 21.1 Å². The topological polar surface area (TPSA) is 101 Å². The number of rotatable bonds is 11. The molecule has 1 fully saturated rings. The van der Waals surface area contributed by atoms with Crippen molar-refractivity contribution in [2.75, 3.05) is 52.7 Å². The molecule has 202 valence electrons. The molecule has 0 radical (unpaired) electrons. The maximum absolute atomic E-state index is 13.5. The zero-order valence-electron chi connectivity index (χ0n) is 21.2. The van der Waals surface area contributed by atoms with Gasteiger partial charge in [-0.2, -0.15) is 4.31 Å². The van der Waals surface area contributed by atoms with Crippen molar-refractivity contribution in [3.05, 3.63) is 40.3 Å². The molecule has 1 aliphatic heterocycles. The highest BCUT2D eigenvalue weighted by atomic mass is 32.2. The molecule has 4 rings (SSSR count). The molecule has 0 aliphatic carbocycles. The first kappa shape index (κ1) is 27.2. The number of benzene rings is 1.